The van der Waals surface area contributed by atoms with Crippen molar-refractivity contribution < 1.29 is 14.9 Å². The molecular formula is C29H31ClN2O3. The fourth-order valence-electron chi connectivity index (χ4n) is 5.79. The Labute approximate surface area is 211 Å². The molecule has 5 nitrogen and oxygen atoms in total. The summed E-state index contributed by atoms with van der Waals surface area (Å²) in [5, 5.41) is 22.9. The first kappa shape index (κ1) is 23.7. The minimum Gasteiger partial charge on any atom is -0.508 e. The number of aromatic hydroxyl groups is 1. The van der Waals surface area contributed by atoms with E-state index in [-0.39, 0.29) is 17.6 Å². The van der Waals surface area contributed by atoms with E-state index in [1.807, 2.05) is 36.4 Å². The molecule has 2 aromatic carbocycles. The molecular weight excluding hydrogens is 460 g/mol. The number of halogens is 1. The number of hydrogen-bond donors (Lipinski definition) is 2. The van der Waals surface area contributed by atoms with Crippen LogP contribution in [0.2, 0.25) is 5.02 Å². The van der Waals surface area contributed by atoms with E-state index in [1.165, 1.54) is 0 Å². The molecule has 1 aromatic heterocycles. The zero-order valence-corrected chi connectivity index (χ0v) is 21.1. The van der Waals surface area contributed by atoms with Crippen molar-refractivity contribution in [3.8, 4) is 11.5 Å². The number of aromatic nitrogens is 1. The molecule has 35 heavy (non-hydrogen) atoms. The average molecular weight is 491 g/mol. The smallest absolute Gasteiger partial charge is 0.131 e. The Bertz CT molecular complexity index is 1260. The Morgan fingerprint density at radius 1 is 1.09 bits per heavy atom. The minimum absolute atomic E-state index is 0.0198. The van der Waals surface area contributed by atoms with Gasteiger partial charge in [-0.25, -0.2) is 0 Å². The molecule has 3 heterocycles. The molecule has 0 amide bonds. The van der Waals surface area contributed by atoms with Gasteiger partial charge in [0.05, 0.1) is 11.3 Å². The number of hydrogen-bond acceptors (Lipinski definition) is 5. The lowest BCUT2D eigenvalue weighted by Gasteiger charge is -2.49. The Hall–Kier alpha value is -3.02. The van der Waals surface area contributed by atoms with E-state index in [9.17, 15) is 10.2 Å². The van der Waals surface area contributed by atoms with Gasteiger partial charge in [0.2, 0.25) is 0 Å². The third-order valence-corrected chi connectivity index (χ3v) is 7.81. The first-order chi connectivity index (χ1) is 16.8. The molecule has 1 saturated heterocycles. The fourth-order valence-corrected chi connectivity index (χ4v) is 5.91. The molecule has 0 saturated carbocycles. The van der Waals surface area contributed by atoms with Gasteiger partial charge < -0.3 is 19.8 Å². The summed E-state index contributed by atoms with van der Waals surface area (Å²) in [5.41, 5.74) is 4.91. The average Bonchev–Trinajstić information content (AvgIpc) is 3.00. The lowest BCUT2D eigenvalue weighted by Crippen LogP contribution is -2.54. The van der Waals surface area contributed by atoms with Crippen LogP contribution in [0, 0.1) is 11.8 Å². The highest BCUT2D eigenvalue weighted by molar-refractivity contribution is 6.30. The molecule has 2 atom stereocenters. The van der Waals surface area contributed by atoms with Crippen molar-refractivity contribution in [2.24, 2.45) is 11.8 Å². The number of aliphatic hydroxyl groups is 1. The van der Waals surface area contributed by atoms with Crippen LogP contribution in [0.25, 0.3) is 5.57 Å². The number of benzene rings is 2. The summed E-state index contributed by atoms with van der Waals surface area (Å²) in [5.74, 6) is 0.893. The van der Waals surface area contributed by atoms with E-state index in [4.69, 9.17) is 16.3 Å². The van der Waals surface area contributed by atoms with Crippen LogP contribution in [-0.4, -0.2) is 33.2 Å². The molecule has 0 spiro atoms. The van der Waals surface area contributed by atoms with Crippen LogP contribution in [0.4, 0.5) is 0 Å². The van der Waals surface area contributed by atoms with E-state index in [0.717, 1.165) is 45.8 Å². The van der Waals surface area contributed by atoms with Gasteiger partial charge in [0.25, 0.3) is 0 Å². The van der Waals surface area contributed by atoms with Crippen molar-refractivity contribution in [2.75, 3.05) is 13.1 Å². The summed E-state index contributed by atoms with van der Waals surface area (Å²) in [6.45, 7) is 8.14. The van der Waals surface area contributed by atoms with Gasteiger partial charge in [-0.05, 0) is 48.4 Å². The van der Waals surface area contributed by atoms with E-state index >= 15 is 0 Å². The Morgan fingerprint density at radius 3 is 2.49 bits per heavy atom. The number of fused-ring (bicyclic) bond motifs is 2. The van der Waals surface area contributed by atoms with Crippen molar-refractivity contribution in [3.63, 3.8) is 0 Å². The largest absolute Gasteiger partial charge is 0.508 e. The normalized spacial score (nSPS) is 25.2. The van der Waals surface area contributed by atoms with Gasteiger partial charge in [-0.2, -0.15) is 0 Å². The molecule has 2 unspecified atom stereocenters. The van der Waals surface area contributed by atoms with Crippen LogP contribution in [0.15, 0.2) is 66.5 Å². The van der Waals surface area contributed by atoms with Gasteiger partial charge in [-0.3, -0.25) is 4.98 Å². The zero-order valence-electron chi connectivity index (χ0n) is 20.3. The van der Waals surface area contributed by atoms with Crippen LogP contribution in [-0.2, 0) is 12.2 Å². The molecule has 6 heteroatoms. The fraction of sp³-hybridized carbons (Fsp3) is 0.345. The van der Waals surface area contributed by atoms with Crippen LogP contribution in [0.5, 0.6) is 11.5 Å². The van der Waals surface area contributed by atoms with Gasteiger partial charge in [0.1, 0.15) is 18.1 Å². The second-order valence-electron chi connectivity index (χ2n) is 9.68. The number of pyridine rings is 1. The second kappa shape index (κ2) is 9.21. The third kappa shape index (κ3) is 4.07. The molecule has 0 radical (unpaired) electrons. The number of allylic oxidation sites excluding steroid dienone is 1. The summed E-state index contributed by atoms with van der Waals surface area (Å²) in [6, 6.07) is 16.9. The number of nitrogens with zero attached hydrogens (tertiary/aromatic N) is 2. The summed E-state index contributed by atoms with van der Waals surface area (Å²) in [4.78, 5) is 7.00. The van der Waals surface area contributed by atoms with Gasteiger partial charge in [0.15, 0.2) is 0 Å². The number of ether oxygens (including phenoxy) is 1. The summed E-state index contributed by atoms with van der Waals surface area (Å²) in [7, 11) is 0. The van der Waals surface area contributed by atoms with E-state index in [0.29, 0.717) is 24.7 Å². The molecule has 0 aliphatic carbocycles. The summed E-state index contributed by atoms with van der Waals surface area (Å²) < 4.78 is 6.11. The molecule has 2 N–H and O–H groups in total. The topological polar surface area (TPSA) is 65.8 Å². The zero-order chi connectivity index (χ0) is 24.7. The van der Waals surface area contributed by atoms with E-state index in [1.54, 1.807) is 18.3 Å². The van der Waals surface area contributed by atoms with Crippen molar-refractivity contribution in [1.29, 1.82) is 0 Å². The molecule has 2 aliphatic rings. The highest BCUT2D eigenvalue weighted by atomic mass is 35.5. The Kier molecular flexibility index (Phi) is 6.24. The monoisotopic (exact) mass is 490 g/mol. The predicted octanol–water partition coefficient (Wildman–Crippen LogP) is 5.98. The van der Waals surface area contributed by atoms with Gasteiger partial charge in [0, 0.05) is 58.5 Å². The maximum atomic E-state index is 11.9. The van der Waals surface area contributed by atoms with Crippen molar-refractivity contribution >= 4 is 17.2 Å². The molecule has 182 valence electrons. The third-order valence-electron chi connectivity index (χ3n) is 7.56. The Morgan fingerprint density at radius 2 is 1.80 bits per heavy atom. The number of phenolic OH excluding ortho intramolecular Hbond substituents is 1. The van der Waals surface area contributed by atoms with Crippen molar-refractivity contribution in [2.45, 2.75) is 39.4 Å². The maximum Gasteiger partial charge on any atom is 0.131 e. The predicted molar refractivity (Wildman–Crippen MR) is 138 cm³/mol. The maximum absolute atomic E-state index is 11.9. The van der Waals surface area contributed by atoms with E-state index in [2.05, 4.69) is 36.7 Å². The molecule has 5 rings (SSSR count). The molecule has 3 aromatic rings. The number of likely N-dealkylation sites (tertiary alicyclic amines) is 1. The van der Waals surface area contributed by atoms with Gasteiger partial charge in [-0.15, -0.1) is 0 Å². The quantitative estimate of drug-likeness (QED) is 0.473. The number of piperidine rings is 1. The van der Waals surface area contributed by atoms with Crippen molar-refractivity contribution in [3.05, 3.63) is 93.9 Å². The Balaban J connectivity index is 1.62. The highest BCUT2D eigenvalue weighted by Gasteiger charge is 2.46. The standard InChI is InChI=1S/C29H31ClN2O3/c1-4-26(32-15-18(2)29(34,19(3)16-32)20-7-9-21(30)10-8-20)28-23-6-5-13-31-25(23)17-35-27-12-11-22(33)14-24(27)28/h5-14,18-19,33-34H,4,15-17H2,1-3H3. The number of rotatable bonds is 3. The van der Waals surface area contributed by atoms with Crippen LogP contribution >= 0.6 is 11.6 Å². The lowest BCUT2D eigenvalue weighted by molar-refractivity contribution is -0.106. The molecule has 1 fully saturated rings. The summed E-state index contributed by atoms with van der Waals surface area (Å²) in [6.07, 6.45) is 2.58. The minimum atomic E-state index is -0.952. The molecule has 0 bridgehead atoms. The van der Waals surface area contributed by atoms with Gasteiger partial charge >= 0.3 is 0 Å². The lowest BCUT2D eigenvalue weighted by atomic mass is 9.70. The van der Waals surface area contributed by atoms with Gasteiger partial charge in [-0.1, -0.05) is 50.6 Å². The first-order valence-corrected chi connectivity index (χ1v) is 12.6. The van der Waals surface area contributed by atoms with Crippen LogP contribution < -0.4 is 4.74 Å². The van der Waals surface area contributed by atoms with Crippen LogP contribution in [0.1, 0.15) is 49.6 Å². The van der Waals surface area contributed by atoms with Crippen LogP contribution in [0.3, 0.4) is 0 Å². The van der Waals surface area contributed by atoms with Crippen molar-refractivity contribution in [1.82, 2.24) is 9.88 Å². The SMILES string of the molecule is CCC(=C1c2cc(O)ccc2OCc2ncccc21)N1CC(C)C(O)(c2ccc(Cl)cc2)C(C)C1. The number of phenols is 1. The highest BCUT2D eigenvalue weighted by Crippen LogP contribution is 2.46. The second-order valence-corrected chi connectivity index (χ2v) is 10.1. The summed E-state index contributed by atoms with van der Waals surface area (Å²) >= 11 is 6.12. The first-order valence-electron chi connectivity index (χ1n) is 12.2. The molecule has 2 aliphatic heterocycles. The van der Waals surface area contributed by atoms with E-state index < -0.39 is 5.60 Å².